The second-order valence-electron chi connectivity index (χ2n) is 6.01. The number of likely N-dealkylation sites (tertiary alicyclic amines) is 1. The Labute approximate surface area is 140 Å². The third kappa shape index (κ3) is 3.49. The quantitative estimate of drug-likeness (QED) is 0.906. The van der Waals surface area contributed by atoms with E-state index < -0.39 is 6.10 Å². The molecule has 3 rings (SSSR count). The molecule has 24 heavy (non-hydrogen) atoms. The van der Waals surface area contributed by atoms with Crippen LogP contribution in [0.2, 0.25) is 0 Å². The fraction of sp³-hybridized carbons (Fsp3) is 0.333. The third-order valence-corrected chi connectivity index (χ3v) is 4.12. The summed E-state index contributed by atoms with van der Waals surface area (Å²) in [7, 11) is 0. The first-order valence-electron chi connectivity index (χ1n) is 7.97. The number of rotatable bonds is 3. The molecule has 1 saturated heterocycles. The molecule has 0 bridgehead atoms. The zero-order valence-electron chi connectivity index (χ0n) is 13.5. The number of piperidine rings is 1. The molecule has 1 atom stereocenters. The lowest BCUT2D eigenvalue weighted by Gasteiger charge is -2.30. The van der Waals surface area contributed by atoms with Crippen LogP contribution in [0.15, 0.2) is 41.0 Å². The highest BCUT2D eigenvalue weighted by atomic mass is 16.3. The second kappa shape index (κ2) is 6.88. The number of carbonyl (C=O) groups is 2. The number of amides is 2. The molecular formula is C18H20N2O4. The molecule has 126 valence electrons. The van der Waals surface area contributed by atoms with Crippen LogP contribution in [0.1, 0.15) is 39.3 Å². The number of aryl methyl sites for hydroxylation is 1. The fourth-order valence-corrected chi connectivity index (χ4v) is 2.84. The number of carbonyl (C=O) groups excluding carboxylic acids is 2. The van der Waals surface area contributed by atoms with E-state index in [9.17, 15) is 14.7 Å². The molecule has 2 amide bonds. The van der Waals surface area contributed by atoms with E-state index in [1.807, 2.05) is 0 Å². The molecule has 0 radical (unpaired) electrons. The molecule has 1 aromatic carbocycles. The van der Waals surface area contributed by atoms with Crippen molar-refractivity contribution in [3.8, 4) is 0 Å². The number of aliphatic hydroxyl groups is 1. The van der Waals surface area contributed by atoms with Gasteiger partial charge in [-0.2, -0.15) is 0 Å². The zero-order valence-corrected chi connectivity index (χ0v) is 13.5. The van der Waals surface area contributed by atoms with Crippen molar-refractivity contribution in [2.45, 2.75) is 25.9 Å². The molecule has 1 fully saturated rings. The van der Waals surface area contributed by atoms with Gasteiger partial charge in [0, 0.05) is 29.9 Å². The summed E-state index contributed by atoms with van der Waals surface area (Å²) in [5, 5.41) is 12.5. The van der Waals surface area contributed by atoms with E-state index in [2.05, 4.69) is 5.32 Å². The van der Waals surface area contributed by atoms with Gasteiger partial charge in [-0.1, -0.05) is 6.07 Å². The van der Waals surface area contributed by atoms with Crippen LogP contribution in [0.25, 0.3) is 0 Å². The summed E-state index contributed by atoms with van der Waals surface area (Å²) >= 11 is 0. The van der Waals surface area contributed by atoms with E-state index in [4.69, 9.17) is 4.42 Å². The summed E-state index contributed by atoms with van der Waals surface area (Å²) < 4.78 is 5.17. The highest BCUT2D eigenvalue weighted by Crippen LogP contribution is 2.18. The van der Waals surface area contributed by atoms with Gasteiger partial charge in [-0.25, -0.2) is 0 Å². The van der Waals surface area contributed by atoms with Crippen molar-refractivity contribution in [1.29, 1.82) is 0 Å². The van der Waals surface area contributed by atoms with Crippen LogP contribution < -0.4 is 5.32 Å². The lowest BCUT2D eigenvalue weighted by Crippen LogP contribution is -2.42. The predicted molar refractivity (Wildman–Crippen MR) is 89.0 cm³/mol. The summed E-state index contributed by atoms with van der Waals surface area (Å²) in [6.45, 7) is 2.78. The lowest BCUT2D eigenvalue weighted by atomic mass is 10.1. The van der Waals surface area contributed by atoms with E-state index >= 15 is 0 Å². The molecule has 6 nitrogen and oxygen atoms in total. The van der Waals surface area contributed by atoms with E-state index in [1.165, 1.54) is 6.26 Å². The van der Waals surface area contributed by atoms with Crippen LogP contribution in [0, 0.1) is 6.92 Å². The number of hydrogen-bond donors (Lipinski definition) is 2. The van der Waals surface area contributed by atoms with E-state index in [1.54, 1.807) is 42.2 Å². The number of nitrogens with zero attached hydrogens (tertiary/aromatic N) is 1. The molecule has 6 heteroatoms. The first-order valence-corrected chi connectivity index (χ1v) is 7.97. The van der Waals surface area contributed by atoms with Gasteiger partial charge in [0.2, 0.25) is 0 Å². The first kappa shape index (κ1) is 16.3. The number of hydrogen-bond acceptors (Lipinski definition) is 4. The number of anilines is 1. The minimum atomic E-state index is -0.465. The normalized spacial score (nSPS) is 17.6. The summed E-state index contributed by atoms with van der Waals surface area (Å²) in [4.78, 5) is 26.4. The molecule has 0 spiro atoms. The summed E-state index contributed by atoms with van der Waals surface area (Å²) in [6.07, 6.45) is 2.52. The minimum absolute atomic E-state index is 0.140. The largest absolute Gasteiger partial charge is 0.459 e. The summed E-state index contributed by atoms with van der Waals surface area (Å²) in [5.74, 6) is -0.236. The Balaban J connectivity index is 1.73. The molecule has 1 aliphatic heterocycles. The highest BCUT2D eigenvalue weighted by molar-refractivity contribution is 6.04. The molecule has 1 aliphatic rings. The maximum absolute atomic E-state index is 12.5. The van der Waals surface area contributed by atoms with Crippen LogP contribution >= 0.6 is 0 Å². The Morgan fingerprint density at radius 2 is 2.17 bits per heavy atom. The van der Waals surface area contributed by atoms with Gasteiger partial charge in [0.05, 0.1) is 12.4 Å². The first-order chi connectivity index (χ1) is 11.5. The van der Waals surface area contributed by atoms with Crippen molar-refractivity contribution in [3.63, 3.8) is 0 Å². The second-order valence-corrected chi connectivity index (χ2v) is 6.01. The van der Waals surface area contributed by atoms with E-state index in [0.717, 1.165) is 18.4 Å². The lowest BCUT2D eigenvalue weighted by molar-refractivity contribution is 0.0474. The van der Waals surface area contributed by atoms with Crippen LogP contribution in [-0.2, 0) is 0 Å². The Morgan fingerprint density at radius 3 is 2.88 bits per heavy atom. The molecule has 0 saturated carbocycles. The molecule has 1 unspecified atom stereocenters. The van der Waals surface area contributed by atoms with Crippen molar-refractivity contribution in [1.82, 2.24) is 4.90 Å². The Morgan fingerprint density at radius 1 is 1.33 bits per heavy atom. The smallest absolute Gasteiger partial charge is 0.291 e. The number of aliphatic hydroxyl groups excluding tert-OH is 1. The number of nitrogens with one attached hydrogen (secondary N) is 1. The molecule has 2 aromatic rings. The van der Waals surface area contributed by atoms with Gasteiger partial charge in [-0.05, 0) is 44.0 Å². The summed E-state index contributed by atoms with van der Waals surface area (Å²) in [6, 6.07) is 8.50. The number of β-amino-alcohol motifs (C(OH)–C–C–N with tert-alkyl or cyclic N) is 1. The summed E-state index contributed by atoms with van der Waals surface area (Å²) in [5.41, 5.74) is 1.76. The molecule has 2 N–H and O–H groups in total. The van der Waals surface area contributed by atoms with Crippen molar-refractivity contribution < 1.29 is 19.1 Å². The number of benzene rings is 1. The average molecular weight is 328 g/mol. The van der Waals surface area contributed by atoms with Crippen molar-refractivity contribution in [3.05, 3.63) is 53.5 Å². The van der Waals surface area contributed by atoms with Gasteiger partial charge >= 0.3 is 0 Å². The average Bonchev–Trinajstić information content (AvgIpc) is 3.00. The molecule has 2 heterocycles. The van der Waals surface area contributed by atoms with Crippen LogP contribution in [-0.4, -0.2) is 41.0 Å². The van der Waals surface area contributed by atoms with Gasteiger partial charge in [0.15, 0.2) is 5.76 Å². The monoisotopic (exact) mass is 328 g/mol. The zero-order chi connectivity index (χ0) is 17.1. The SMILES string of the molecule is Cc1ccoc1C(=O)Nc1cccc(C(=O)N2CCCC(O)C2)c1. The maximum atomic E-state index is 12.5. The van der Waals surface area contributed by atoms with Gasteiger partial charge in [-0.15, -0.1) is 0 Å². The van der Waals surface area contributed by atoms with Gasteiger partial charge < -0.3 is 19.7 Å². The van der Waals surface area contributed by atoms with Crippen molar-refractivity contribution >= 4 is 17.5 Å². The number of furan rings is 1. The predicted octanol–water partition coefficient (Wildman–Crippen LogP) is 2.44. The van der Waals surface area contributed by atoms with E-state index in [0.29, 0.717) is 24.3 Å². The molecular weight excluding hydrogens is 308 g/mol. The van der Waals surface area contributed by atoms with Crippen LogP contribution in [0.3, 0.4) is 0 Å². The highest BCUT2D eigenvalue weighted by Gasteiger charge is 2.23. The van der Waals surface area contributed by atoms with E-state index in [-0.39, 0.29) is 17.6 Å². The maximum Gasteiger partial charge on any atom is 0.291 e. The van der Waals surface area contributed by atoms with Gasteiger partial charge in [0.1, 0.15) is 0 Å². The molecule has 0 aliphatic carbocycles. The van der Waals surface area contributed by atoms with Gasteiger partial charge in [-0.3, -0.25) is 9.59 Å². The third-order valence-electron chi connectivity index (χ3n) is 4.12. The Hall–Kier alpha value is -2.60. The van der Waals surface area contributed by atoms with Crippen molar-refractivity contribution in [2.75, 3.05) is 18.4 Å². The van der Waals surface area contributed by atoms with Crippen LogP contribution in [0.5, 0.6) is 0 Å². The minimum Gasteiger partial charge on any atom is -0.459 e. The Bertz CT molecular complexity index is 753. The standard InChI is InChI=1S/C18H20N2O4/c1-12-7-9-24-16(12)17(22)19-14-5-2-4-13(10-14)18(23)20-8-3-6-15(21)11-20/h2,4-5,7,9-10,15,21H,3,6,8,11H2,1H3,(H,19,22). The Kier molecular flexibility index (Phi) is 4.66. The van der Waals surface area contributed by atoms with Crippen LogP contribution in [0.4, 0.5) is 5.69 Å². The fourth-order valence-electron chi connectivity index (χ4n) is 2.84. The van der Waals surface area contributed by atoms with Crippen molar-refractivity contribution in [2.24, 2.45) is 0 Å². The topological polar surface area (TPSA) is 82.8 Å². The molecule has 1 aromatic heterocycles. The van der Waals surface area contributed by atoms with Gasteiger partial charge in [0.25, 0.3) is 11.8 Å².